The highest BCUT2D eigenvalue weighted by atomic mass is 16.6. The molecular weight excluding hydrogens is 306 g/mol. The molecular formula is C14H17N3O6. The zero-order valence-corrected chi connectivity index (χ0v) is 12.3. The number of aliphatic hydroxyl groups is 1. The van der Waals surface area contributed by atoms with Crippen molar-refractivity contribution in [1.29, 1.82) is 0 Å². The molecule has 0 radical (unpaired) electrons. The predicted octanol–water partition coefficient (Wildman–Crippen LogP) is 0.191. The summed E-state index contributed by atoms with van der Waals surface area (Å²) in [5.74, 6) is -2.00. The van der Waals surface area contributed by atoms with Gasteiger partial charge in [0.1, 0.15) is 5.69 Å². The summed E-state index contributed by atoms with van der Waals surface area (Å²) in [7, 11) is 0. The third kappa shape index (κ3) is 4.47. The van der Waals surface area contributed by atoms with Gasteiger partial charge in [-0.25, -0.2) is 0 Å². The molecule has 3 N–H and O–H groups in total. The number of amides is 2. The van der Waals surface area contributed by atoms with Gasteiger partial charge in [-0.3, -0.25) is 19.7 Å². The van der Waals surface area contributed by atoms with Crippen LogP contribution in [0.2, 0.25) is 0 Å². The van der Waals surface area contributed by atoms with Gasteiger partial charge in [-0.05, 0) is 6.07 Å². The Hall–Kier alpha value is -2.52. The van der Waals surface area contributed by atoms with E-state index in [0.717, 1.165) is 0 Å². The zero-order chi connectivity index (χ0) is 16.9. The number of nitrogens with zero attached hydrogens (tertiary/aromatic N) is 1. The van der Waals surface area contributed by atoms with Gasteiger partial charge in [-0.15, -0.1) is 0 Å². The van der Waals surface area contributed by atoms with Gasteiger partial charge in [0.15, 0.2) is 0 Å². The quantitative estimate of drug-likeness (QED) is 0.412. The maximum absolute atomic E-state index is 11.8. The minimum absolute atomic E-state index is 0.0672. The molecule has 1 aliphatic rings. The van der Waals surface area contributed by atoms with E-state index in [-0.39, 0.29) is 17.9 Å². The number of anilines is 1. The van der Waals surface area contributed by atoms with E-state index >= 15 is 0 Å². The van der Waals surface area contributed by atoms with Gasteiger partial charge in [0.2, 0.25) is 0 Å². The Morgan fingerprint density at radius 2 is 1.91 bits per heavy atom. The molecule has 0 saturated carbocycles. The summed E-state index contributed by atoms with van der Waals surface area (Å²) in [6, 6.07) is 5.51. The van der Waals surface area contributed by atoms with Gasteiger partial charge >= 0.3 is 11.8 Å². The molecule has 1 heterocycles. The first kappa shape index (κ1) is 16.8. The molecule has 0 atom stereocenters. The van der Waals surface area contributed by atoms with E-state index in [1.54, 1.807) is 0 Å². The van der Waals surface area contributed by atoms with Crippen molar-refractivity contribution < 1.29 is 24.4 Å². The van der Waals surface area contributed by atoms with Gasteiger partial charge in [0.25, 0.3) is 5.69 Å². The lowest BCUT2D eigenvalue weighted by Gasteiger charge is -2.31. The molecule has 2 amide bonds. The normalized spacial score (nSPS) is 16.4. The van der Waals surface area contributed by atoms with Gasteiger partial charge in [0.05, 0.1) is 10.5 Å². The Labute approximate surface area is 131 Å². The van der Waals surface area contributed by atoms with Gasteiger partial charge in [-0.1, -0.05) is 12.1 Å². The van der Waals surface area contributed by atoms with Crippen LogP contribution in [0.1, 0.15) is 12.8 Å². The number of ether oxygens (including phenoxy) is 1. The first-order valence-electron chi connectivity index (χ1n) is 7.04. The average molecular weight is 323 g/mol. The van der Waals surface area contributed by atoms with Crippen LogP contribution in [-0.4, -0.2) is 47.2 Å². The van der Waals surface area contributed by atoms with Crippen molar-refractivity contribution in [2.24, 2.45) is 0 Å². The molecule has 1 aromatic rings. The number of nitro groups is 1. The molecule has 124 valence electrons. The van der Waals surface area contributed by atoms with Crippen LogP contribution in [0.4, 0.5) is 11.4 Å². The van der Waals surface area contributed by atoms with E-state index in [9.17, 15) is 24.8 Å². The molecule has 1 fully saturated rings. The summed E-state index contributed by atoms with van der Waals surface area (Å²) in [4.78, 5) is 33.8. The summed E-state index contributed by atoms with van der Waals surface area (Å²) >= 11 is 0. The Balaban J connectivity index is 1.93. The number of carbonyl (C=O) groups excluding carboxylic acids is 2. The number of nitro benzene ring substituents is 1. The number of carbonyl (C=O) groups is 2. The molecule has 2 rings (SSSR count). The molecule has 0 bridgehead atoms. The predicted molar refractivity (Wildman–Crippen MR) is 79.7 cm³/mol. The molecule has 1 saturated heterocycles. The van der Waals surface area contributed by atoms with E-state index in [1.165, 1.54) is 24.3 Å². The maximum atomic E-state index is 11.8. The molecule has 0 unspecified atom stereocenters. The largest absolute Gasteiger partial charge is 0.388 e. The maximum Gasteiger partial charge on any atom is 0.313 e. The highest BCUT2D eigenvalue weighted by Crippen LogP contribution is 2.23. The summed E-state index contributed by atoms with van der Waals surface area (Å²) in [5, 5.41) is 25.6. The topological polar surface area (TPSA) is 131 Å². The minimum Gasteiger partial charge on any atom is -0.388 e. The summed E-state index contributed by atoms with van der Waals surface area (Å²) in [6.45, 7) is 0.684. The van der Waals surface area contributed by atoms with Crippen LogP contribution in [0.5, 0.6) is 0 Å². The van der Waals surface area contributed by atoms with Gasteiger partial charge in [-0.2, -0.15) is 0 Å². The SMILES string of the molecule is O=C(NCC1(O)CCOCC1)C(=O)Nc1ccccc1[N+](=O)[O-]. The van der Waals surface area contributed by atoms with Crippen LogP contribution >= 0.6 is 0 Å². The molecule has 0 aromatic heterocycles. The zero-order valence-electron chi connectivity index (χ0n) is 12.3. The van der Waals surface area contributed by atoms with Crippen molar-refractivity contribution >= 4 is 23.2 Å². The van der Waals surface area contributed by atoms with Gasteiger partial charge in [0, 0.05) is 38.7 Å². The van der Waals surface area contributed by atoms with Gasteiger partial charge < -0.3 is 20.5 Å². The Kier molecular flexibility index (Phi) is 5.24. The molecule has 1 aromatic carbocycles. The molecule has 0 spiro atoms. The van der Waals surface area contributed by atoms with Crippen molar-refractivity contribution in [2.45, 2.75) is 18.4 Å². The second kappa shape index (κ2) is 7.16. The number of hydrogen-bond acceptors (Lipinski definition) is 6. The molecule has 1 aliphatic heterocycles. The fourth-order valence-electron chi connectivity index (χ4n) is 2.17. The highest BCUT2D eigenvalue weighted by Gasteiger charge is 2.31. The van der Waals surface area contributed by atoms with E-state index in [4.69, 9.17) is 4.74 Å². The van der Waals surface area contributed by atoms with Crippen LogP contribution in [-0.2, 0) is 14.3 Å². The van der Waals surface area contributed by atoms with Crippen LogP contribution in [0.3, 0.4) is 0 Å². The van der Waals surface area contributed by atoms with Crippen molar-refractivity contribution in [3.63, 3.8) is 0 Å². The molecule has 9 heteroatoms. The fourth-order valence-corrected chi connectivity index (χ4v) is 2.17. The lowest BCUT2D eigenvalue weighted by molar-refractivity contribution is -0.383. The number of nitrogens with one attached hydrogen (secondary N) is 2. The summed E-state index contributed by atoms with van der Waals surface area (Å²) in [5.41, 5.74) is -1.48. The summed E-state index contributed by atoms with van der Waals surface area (Å²) < 4.78 is 5.12. The smallest absolute Gasteiger partial charge is 0.313 e. The van der Waals surface area contributed by atoms with E-state index in [0.29, 0.717) is 26.1 Å². The van der Waals surface area contributed by atoms with Crippen LogP contribution < -0.4 is 10.6 Å². The van der Waals surface area contributed by atoms with E-state index in [1.807, 2.05) is 0 Å². The number of hydrogen-bond donors (Lipinski definition) is 3. The lowest BCUT2D eigenvalue weighted by atomic mass is 9.94. The number of rotatable bonds is 4. The Morgan fingerprint density at radius 3 is 2.57 bits per heavy atom. The first-order valence-corrected chi connectivity index (χ1v) is 7.04. The van der Waals surface area contributed by atoms with Crippen LogP contribution in [0.25, 0.3) is 0 Å². The number of benzene rings is 1. The number of para-hydroxylation sites is 2. The second-order valence-electron chi connectivity index (χ2n) is 5.25. The van der Waals surface area contributed by atoms with E-state index < -0.39 is 22.3 Å². The lowest BCUT2D eigenvalue weighted by Crippen LogP contribution is -2.48. The molecule has 9 nitrogen and oxygen atoms in total. The Bertz CT molecular complexity index is 612. The fraction of sp³-hybridized carbons (Fsp3) is 0.429. The summed E-state index contributed by atoms with van der Waals surface area (Å²) in [6.07, 6.45) is 0.720. The van der Waals surface area contributed by atoms with Crippen LogP contribution in [0.15, 0.2) is 24.3 Å². The average Bonchev–Trinajstić information content (AvgIpc) is 2.53. The van der Waals surface area contributed by atoms with Crippen molar-refractivity contribution in [2.75, 3.05) is 25.1 Å². The van der Waals surface area contributed by atoms with Crippen molar-refractivity contribution in [1.82, 2.24) is 5.32 Å². The van der Waals surface area contributed by atoms with Crippen LogP contribution in [0, 0.1) is 10.1 Å². The third-order valence-corrected chi connectivity index (χ3v) is 3.56. The monoisotopic (exact) mass is 323 g/mol. The molecule has 0 aliphatic carbocycles. The highest BCUT2D eigenvalue weighted by molar-refractivity contribution is 6.39. The van der Waals surface area contributed by atoms with Crippen molar-refractivity contribution in [3.8, 4) is 0 Å². The second-order valence-corrected chi connectivity index (χ2v) is 5.25. The standard InChI is InChI=1S/C14H17N3O6/c18-12(15-9-14(20)5-7-23-8-6-14)13(19)16-10-3-1-2-4-11(10)17(21)22/h1-4,20H,5-9H2,(H,15,18)(H,16,19). The first-order chi connectivity index (χ1) is 10.9. The molecule has 23 heavy (non-hydrogen) atoms. The van der Waals surface area contributed by atoms with Crippen molar-refractivity contribution in [3.05, 3.63) is 34.4 Å². The minimum atomic E-state index is -1.10. The third-order valence-electron chi connectivity index (χ3n) is 3.56. The Morgan fingerprint density at radius 1 is 1.26 bits per heavy atom. The van der Waals surface area contributed by atoms with E-state index in [2.05, 4.69) is 10.6 Å².